The number of nitrogens with zero attached hydrogens (tertiary/aromatic N) is 2. The molecule has 1 heterocycles. The summed E-state index contributed by atoms with van der Waals surface area (Å²) in [7, 11) is 0. The second kappa shape index (κ2) is 5.68. The molecule has 1 saturated heterocycles. The predicted octanol–water partition coefficient (Wildman–Crippen LogP) is 1.69. The molecule has 0 bridgehead atoms. The third-order valence-electron chi connectivity index (χ3n) is 4.21. The van der Waals surface area contributed by atoms with E-state index < -0.39 is 0 Å². The lowest BCUT2D eigenvalue weighted by Gasteiger charge is -2.17. The summed E-state index contributed by atoms with van der Waals surface area (Å²) in [6.45, 7) is 2.72. The largest absolute Gasteiger partial charge is 0.337 e. The topological polar surface area (TPSA) is 85.2 Å². The highest BCUT2D eigenvalue weighted by atomic mass is 16.2. The van der Waals surface area contributed by atoms with Gasteiger partial charge in [0.05, 0.1) is 17.7 Å². The van der Waals surface area contributed by atoms with E-state index in [4.69, 9.17) is 5.26 Å². The van der Waals surface area contributed by atoms with Gasteiger partial charge in [-0.1, -0.05) is 13.0 Å². The number of urea groups is 1. The van der Waals surface area contributed by atoms with E-state index in [0.717, 1.165) is 6.42 Å². The Kier molecular flexibility index (Phi) is 3.72. The summed E-state index contributed by atoms with van der Waals surface area (Å²) in [6, 6.07) is 8.60. The van der Waals surface area contributed by atoms with Gasteiger partial charge in [-0.25, -0.2) is 4.79 Å². The summed E-state index contributed by atoms with van der Waals surface area (Å²) >= 11 is 0. The number of carbonyl (C=O) groups excluding carboxylic acids is 2. The van der Waals surface area contributed by atoms with Crippen molar-refractivity contribution in [1.82, 2.24) is 10.2 Å². The average Bonchev–Trinajstić information content (AvgIpc) is 3.09. The molecule has 22 heavy (non-hydrogen) atoms. The van der Waals surface area contributed by atoms with Crippen molar-refractivity contribution in [3.8, 4) is 6.07 Å². The lowest BCUT2D eigenvalue weighted by molar-refractivity contribution is -0.128. The lowest BCUT2D eigenvalue weighted by atomic mass is 10.2. The average molecular weight is 298 g/mol. The quantitative estimate of drug-likeness (QED) is 0.890. The Balaban J connectivity index is 1.54. The first-order valence-corrected chi connectivity index (χ1v) is 7.44. The normalized spacial score (nSPS) is 26.5. The summed E-state index contributed by atoms with van der Waals surface area (Å²) < 4.78 is 0. The van der Waals surface area contributed by atoms with Crippen LogP contribution in [0, 0.1) is 17.2 Å². The summed E-state index contributed by atoms with van der Waals surface area (Å²) in [5.74, 6) is 0.691. The zero-order chi connectivity index (χ0) is 15.7. The number of nitriles is 1. The van der Waals surface area contributed by atoms with Crippen molar-refractivity contribution in [1.29, 1.82) is 5.26 Å². The van der Waals surface area contributed by atoms with Crippen molar-refractivity contribution >= 4 is 17.6 Å². The van der Waals surface area contributed by atoms with E-state index in [-0.39, 0.29) is 18.0 Å². The Morgan fingerprint density at radius 3 is 2.91 bits per heavy atom. The molecule has 2 N–H and O–H groups in total. The van der Waals surface area contributed by atoms with E-state index in [1.54, 1.807) is 24.3 Å². The maximum absolute atomic E-state index is 12.0. The Bertz CT molecular complexity index is 652. The monoisotopic (exact) mass is 298 g/mol. The molecule has 6 nitrogen and oxygen atoms in total. The van der Waals surface area contributed by atoms with Gasteiger partial charge in [-0.15, -0.1) is 0 Å². The number of benzene rings is 1. The van der Waals surface area contributed by atoms with Crippen molar-refractivity contribution in [2.24, 2.45) is 5.92 Å². The third kappa shape index (κ3) is 3.03. The molecule has 0 unspecified atom stereocenters. The fourth-order valence-electron chi connectivity index (χ4n) is 2.90. The van der Waals surface area contributed by atoms with Crippen LogP contribution in [0.1, 0.15) is 25.3 Å². The number of hydrogen-bond donors (Lipinski definition) is 2. The van der Waals surface area contributed by atoms with Gasteiger partial charge in [0.25, 0.3) is 0 Å². The third-order valence-corrected chi connectivity index (χ3v) is 4.21. The molecule has 2 aliphatic rings. The molecule has 3 atom stereocenters. The first-order valence-electron chi connectivity index (χ1n) is 7.44. The maximum Gasteiger partial charge on any atom is 0.319 e. The minimum Gasteiger partial charge on any atom is -0.337 e. The molecule has 1 aliphatic carbocycles. The van der Waals surface area contributed by atoms with Crippen LogP contribution in [0.5, 0.6) is 0 Å². The van der Waals surface area contributed by atoms with Gasteiger partial charge >= 0.3 is 6.03 Å². The molecule has 0 radical (unpaired) electrons. The zero-order valence-corrected chi connectivity index (χ0v) is 12.4. The number of hydrogen-bond acceptors (Lipinski definition) is 3. The van der Waals surface area contributed by atoms with Crippen molar-refractivity contribution in [2.45, 2.75) is 31.8 Å². The molecule has 0 aromatic heterocycles. The SMILES string of the molecule is C[C@@H]1C[C@H]1N1C[C@@H](NC(=O)Nc2cccc(C#N)c2)CC1=O. The molecular formula is C16H18N4O2. The first kappa shape index (κ1) is 14.4. The van der Waals surface area contributed by atoms with Gasteiger partial charge in [-0.3, -0.25) is 4.79 Å². The van der Waals surface area contributed by atoms with E-state index in [1.165, 1.54) is 0 Å². The van der Waals surface area contributed by atoms with Crippen LogP contribution in [0.25, 0.3) is 0 Å². The second-order valence-corrected chi connectivity index (χ2v) is 6.02. The summed E-state index contributed by atoms with van der Waals surface area (Å²) in [6.07, 6.45) is 1.42. The number of nitrogens with one attached hydrogen (secondary N) is 2. The Morgan fingerprint density at radius 2 is 2.23 bits per heavy atom. The summed E-state index contributed by atoms with van der Waals surface area (Å²) in [5, 5.41) is 14.4. The predicted molar refractivity (Wildman–Crippen MR) is 81.0 cm³/mol. The van der Waals surface area contributed by atoms with E-state index in [0.29, 0.717) is 36.2 Å². The number of likely N-dealkylation sites (tertiary alicyclic amines) is 1. The molecule has 3 amide bonds. The van der Waals surface area contributed by atoms with Crippen LogP contribution >= 0.6 is 0 Å². The Morgan fingerprint density at radius 1 is 1.45 bits per heavy atom. The van der Waals surface area contributed by atoms with E-state index >= 15 is 0 Å². The van der Waals surface area contributed by atoms with E-state index in [9.17, 15) is 9.59 Å². The van der Waals surface area contributed by atoms with Gasteiger partial charge in [-0.05, 0) is 30.5 Å². The van der Waals surface area contributed by atoms with Crippen LogP contribution in [0.4, 0.5) is 10.5 Å². The van der Waals surface area contributed by atoms with Gasteiger partial charge < -0.3 is 15.5 Å². The van der Waals surface area contributed by atoms with Gasteiger partial charge in [-0.2, -0.15) is 5.26 Å². The first-order chi connectivity index (χ1) is 10.6. The highest BCUT2D eigenvalue weighted by Crippen LogP contribution is 2.37. The maximum atomic E-state index is 12.0. The summed E-state index contributed by atoms with van der Waals surface area (Å²) in [5.41, 5.74) is 1.05. The summed E-state index contributed by atoms with van der Waals surface area (Å²) in [4.78, 5) is 25.8. The van der Waals surface area contributed by atoms with Crippen molar-refractivity contribution in [3.05, 3.63) is 29.8 Å². The molecule has 3 rings (SSSR count). The fourth-order valence-corrected chi connectivity index (χ4v) is 2.90. The minimum absolute atomic E-state index is 0.117. The highest BCUT2D eigenvalue weighted by molar-refractivity contribution is 5.90. The molecule has 114 valence electrons. The number of carbonyl (C=O) groups is 2. The molecule has 0 spiro atoms. The Hall–Kier alpha value is -2.55. The Labute approximate surface area is 129 Å². The standard InChI is InChI=1S/C16H18N4O2/c1-10-5-14(10)20-9-13(7-15(20)21)19-16(22)18-12-4-2-3-11(6-12)8-17/h2-4,6,10,13-14H,5,7,9H2,1H3,(H2,18,19,22)/t10-,13+,14-/m1/s1. The second-order valence-electron chi connectivity index (χ2n) is 6.02. The van der Waals surface area contributed by atoms with Crippen molar-refractivity contribution in [2.75, 3.05) is 11.9 Å². The zero-order valence-electron chi connectivity index (χ0n) is 12.4. The van der Waals surface area contributed by atoms with Crippen molar-refractivity contribution in [3.63, 3.8) is 0 Å². The van der Waals surface area contributed by atoms with Crippen LogP contribution in [-0.2, 0) is 4.79 Å². The van der Waals surface area contributed by atoms with Crippen LogP contribution in [-0.4, -0.2) is 35.5 Å². The molecule has 1 aromatic carbocycles. The fraction of sp³-hybridized carbons (Fsp3) is 0.438. The number of anilines is 1. The minimum atomic E-state index is -0.349. The van der Waals surface area contributed by atoms with Crippen LogP contribution in [0.2, 0.25) is 0 Å². The van der Waals surface area contributed by atoms with Crippen LogP contribution in [0.3, 0.4) is 0 Å². The molecule has 1 aromatic rings. The number of amides is 3. The lowest BCUT2D eigenvalue weighted by Crippen LogP contribution is -2.40. The molecule has 6 heteroatoms. The molecule has 2 fully saturated rings. The smallest absolute Gasteiger partial charge is 0.319 e. The van der Waals surface area contributed by atoms with Gasteiger partial charge in [0, 0.05) is 24.7 Å². The molecule has 1 aliphatic heterocycles. The van der Waals surface area contributed by atoms with Crippen LogP contribution < -0.4 is 10.6 Å². The highest BCUT2D eigenvalue weighted by Gasteiger charge is 2.44. The van der Waals surface area contributed by atoms with Crippen molar-refractivity contribution < 1.29 is 9.59 Å². The molecular weight excluding hydrogens is 280 g/mol. The van der Waals surface area contributed by atoms with Crippen LogP contribution in [0.15, 0.2) is 24.3 Å². The molecule has 1 saturated carbocycles. The van der Waals surface area contributed by atoms with E-state index in [2.05, 4.69) is 17.6 Å². The van der Waals surface area contributed by atoms with Gasteiger partial charge in [0.1, 0.15) is 0 Å². The van der Waals surface area contributed by atoms with Gasteiger partial charge in [0.2, 0.25) is 5.91 Å². The number of rotatable bonds is 3. The van der Waals surface area contributed by atoms with Gasteiger partial charge in [0.15, 0.2) is 0 Å². The van der Waals surface area contributed by atoms with E-state index in [1.807, 2.05) is 11.0 Å².